The number of carboxylic acids is 1. The first kappa shape index (κ1) is 18.1. The minimum Gasteiger partial charge on any atom is -0.480 e. The molecule has 1 heterocycles. The summed E-state index contributed by atoms with van der Waals surface area (Å²) in [5.41, 5.74) is -0.422. The van der Waals surface area contributed by atoms with Crippen LogP contribution in [0.25, 0.3) is 0 Å². The van der Waals surface area contributed by atoms with Gasteiger partial charge in [-0.25, -0.2) is 5.43 Å². The summed E-state index contributed by atoms with van der Waals surface area (Å²) in [6.45, 7) is 6.68. The van der Waals surface area contributed by atoms with Crippen LogP contribution in [0.1, 0.15) is 59.8 Å². The SMILES string of the molecule is CCCCC1=NNC(=O)C1(C)OC(=O)C(CC)(CC)C(=O)O. The standard InChI is InChI=1S/C15H24N2O5/c1-5-8-9-10-14(4,11(18)17-16-10)22-13(21)15(6-2,7-3)12(19)20/h5-9H2,1-4H3,(H,17,18)(H,19,20). The molecule has 0 aromatic rings. The maximum absolute atomic E-state index is 12.5. The van der Waals surface area contributed by atoms with Crippen LogP contribution in [0.2, 0.25) is 0 Å². The van der Waals surface area contributed by atoms with Gasteiger partial charge < -0.3 is 9.84 Å². The van der Waals surface area contributed by atoms with E-state index in [2.05, 4.69) is 10.5 Å². The van der Waals surface area contributed by atoms with E-state index in [4.69, 9.17) is 4.74 Å². The van der Waals surface area contributed by atoms with Crippen LogP contribution in [-0.2, 0) is 19.1 Å². The minimum atomic E-state index is -1.64. The van der Waals surface area contributed by atoms with E-state index in [0.29, 0.717) is 12.1 Å². The topological polar surface area (TPSA) is 105 Å². The van der Waals surface area contributed by atoms with Gasteiger partial charge in [0.2, 0.25) is 5.60 Å². The predicted octanol–water partition coefficient (Wildman–Crippen LogP) is 1.86. The van der Waals surface area contributed by atoms with Crippen molar-refractivity contribution < 1.29 is 24.2 Å². The average Bonchev–Trinajstić information content (AvgIpc) is 2.74. The molecule has 1 amide bonds. The van der Waals surface area contributed by atoms with E-state index in [-0.39, 0.29) is 12.8 Å². The van der Waals surface area contributed by atoms with Gasteiger partial charge >= 0.3 is 11.9 Å². The molecule has 0 saturated heterocycles. The number of hydrogen-bond acceptors (Lipinski definition) is 5. The van der Waals surface area contributed by atoms with E-state index in [1.165, 1.54) is 6.92 Å². The normalized spacial score (nSPS) is 21.3. The van der Waals surface area contributed by atoms with Crippen molar-refractivity contribution in [2.45, 2.75) is 65.4 Å². The minimum absolute atomic E-state index is 0.0940. The highest BCUT2D eigenvalue weighted by Gasteiger charge is 2.52. The molecule has 0 aromatic heterocycles. The van der Waals surface area contributed by atoms with Gasteiger partial charge in [-0.1, -0.05) is 27.2 Å². The molecule has 0 aromatic carbocycles. The molecule has 1 atom stereocenters. The molecule has 0 spiro atoms. The first-order valence-corrected chi connectivity index (χ1v) is 7.62. The fourth-order valence-electron chi connectivity index (χ4n) is 2.42. The second-order valence-corrected chi connectivity index (χ2v) is 5.62. The number of rotatable bonds is 8. The molecule has 0 bridgehead atoms. The molecule has 7 heteroatoms. The van der Waals surface area contributed by atoms with E-state index >= 15 is 0 Å². The van der Waals surface area contributed by atoms with Gasteiger partial charge in [-0.15, -0.1) is 0 Å². The number of hydrogen-bond donors (Lipinski definition) is 2. The number of carboxylic acid groups (broad SMARTS) is 1. The fraction of sp³-hybridized carbons (Fsp3) is 0.733. The van der Waals surface area contributed by atoms with Gasteiger partial charge in [0.25, 0.3) is 5.91 Å². The molecule has 0 aliphatic carbocycles. The van der Waals surface area contributed by atoms with E-state index in [9.17, 15) is 19.5 Å². The van der Waals surface area contributed by atoms with Crippen LogP contribution in [-0.4, -0.2) is 34.3 Å². The van der Waals surface area contributed by atoms with Crippen molar-refractivity contribution in [3.8, 4) is 0 Å². The van der Waals surface area contributed by atoms with Crippen LogP contribution in [0.4, 0.5) is 0 Å². The van der Waals surface area contributed by atoms with Crippen molar-refractivity contribution in [3.05, 3.63) is 0 Å². The molecule has 22 heavy (non-hydrogen) atoms. The van der Waals surface area contributed by atoms with Gasteiger partial charge in [0.05, 0.1) is 5.71 Å². The zero-order chi connectivity index (χ0) is 17.0. The number of carbonyl (C=O) groups is 3. The smallest absolute Gasteiger partial charge is 0.324 e. The highest BCUT2D eigenvalue weighted by molar-refractivity contribution is 6.16. The second-order valence-electron chi connectivity index (χ2n) is 5.62. The zero-order valence-electron chi connectivity index (χ0n) is 13.6. The molecule has 7 nitrogen and oxygen atoms in total. The number of hydrazone groups is 1. The quantitative estimate of drug-likeness (QED) is 0.525. The fourth-order valence-corrected chi connectivity index (χ4v) is 2.42. The summed E-state index contributed by atoms with van der Waals surface area (Å²) in [6.07, 6.45) is 2.40. The van der Waals surface area contributed by atoms with Crippen molar-refractivity contribution in [2.75, 3.05) is 0 Å². The molecule has 0 radical (unpaired) electrons. The summed E-state index contributed by atoms with van der Waals surface area (Å²) in [6, 6.07) is 0. The van der Waals surface area contributed by atoms with Crippen LogP contribution in [0.5, 0.6) is 0 Å². The van der Waals surface area contributed by atoms with Gasteiger partial charge in [0.15, 0.2) is 5.41 Å². The number of nitrogens with zero attached hydrogens (tertiary/aromatic N) is 1. The zero-order valence-corrected chi connectivity index (χ0v) is 13.6. The van der Waals surface area contributed by atoms with Crippen LogP contribution in [0.3, 0.4) is 0 Å². The Morgan fingerprint density at radius 2 is 1.91 bits per heavy atom. The number of amides is 1. The van der Waals surface area contributed by atoms with Crippen LogP contribution < -0.4 is 5.43 Å². The lowest BCUT2D eigenvalue weighted by Gasteiger charge is -2.30. The van der Waals surface area contributed by atoms with Gasteiger partial charge in [0, 0.05) is 0 Å². The Morgan fingerprint density at radius 3 is 2.36 bits per heavy atom. The summed E-state index contributed by atoms with van der Waals surface area (Å²) < 4.78 is 5.37. The first-order chi connectivity index (χ1) is 10.3. The van der Waals surface area contributed by atoms with Crippen LogP contribution in [0.15, 0.2) is 5.10 Å². The molecule has 1 aliphatic rings. The van der Waals surface area contributed by atoms with E-state index in [1.54, 1.807) is 13.8 Å². The van der Waals surface area contributed by atoms with Crippen molar-refractivity contribution >= 4 is 23.6 Å². The molecule has 1 aliphatic heterocycles. The summed E-state index contributed by atoms with van der Waals surface area (Å²) >= 11 is 0. The lowest BCUT2D eigenvalue weighted by Crippen LogP contribution is -2.51. The Morgan fingerprint density at radius 1 is 1.32 bits per heavy atom. The van der Waals surface area contributed by atoms with Gasteiger partial charge in [-0.05, 0) is 32.6 Å². The van der Waals surface area contributed by atoms with Crippen molar-refractivity contribution in [1.82, 2.24) is 5.43 Å². The first-order valence-electron chi connectivity index (χ1n) is 7.62. The molecule has 1 rings (SSSR count). The summed E-state index contributed by atoms with van der Waals surface area (Å²) in [7, 11) is 0. The van der Waals surface area contributed by atoms with E-state index in [0.717, 1.165) is 12.8 Å². The Bertz CT molecular complexity index is 496. The molecule has 2 N–H and O–H groups in total. The molecule has 0 saturated carbocycles. The number of carbonyl (C=O) groups excluding carboxylic acids is 2. The number of unbranched alkanes of at least 4 members (excludes halogenated alkanes) is 1. The van der Waals surface area contributed by atoms with E-state index < -0.39 is 28.9 Å². The lowest BCUT2D eigenvalue weighted by molar-refractivity contribution is -0.178. The predicted molar refractivity (Wildman–Crippen MR) is 80.3 cm³/mol. The molecule has 1 unspecified atom stereocenters. The maximum atomic E-state index is 12.5. The molecule has 124 valence electrons. The highest BCUT2D eigenvalue weighted by Crippen LogP contribution is 2.32. The summed E-state index contributed by atoms with van der Waals surface area (Å²) in [5.74, 6) is -2.68. The lowest BCUT2D eigenvalue weighted by atomic mass is 9.82. The molecular weight excluding hydrogens is 288 g/mol. The highest BCUT2D eigenvalue weighted by atomic mass is 16.6. The number of nitrogens with one attached hydrogen (secondary N) is 1. The third-order valence-electron chi connectivity index (χ3n) is 4.35. The van der Waals surface area contributed by atoms with Gasteiger partial charge in [0.1, 0.15) is 0 Å². The number of esters is 1. The molecule has 0 fully saturated rings. The largest absolute Gasteiger partial charge is 0.480 e. The van der Waals surface area contributed by atoms with Crippen LogP contribution >= 0.6 is 0 Å². The number of aliphatic carboxylic acids is 1. The second kappa shape index (κ2) is 6.89. The van der Waals surface area contributed by atoms with Crippen molar-refractivity contribution in [3.63, 3.8) is 0 Å². The Balaban J connectivity index is 3.04. The monoisotopic (exact) mass is 312 g/mol. The van der Waals surface area contributed by atoms with Crippen molar-refractivity contribution in [2.24, 2.45) is 10.5 Å². The van der Waals surface area contributed by atoms with Gasteiger partial charge in [-0.2, -0.15) is 5.10 Å². The van der Waals surface area contributed by atoms with E-state index in [1.807, 2.05) is 6.92 Å². The Hall–Kier alpha value is -1.92. The third kappa shape index (κ3) is 2.98. The summed E-state index contributed by atoms with van der Waals surface area (Å²) in [4.78, 5) is 36.0. The average molecular weight is 312 g/mol. The molecular formula is C15H24N2O5. The maximum Gasteiger partial charge on any atom is 0.324 e. The Kier molecular flexibility index (Phi) is 5.68. The van der Waals surface area contributed by atoms with Crippen molar-refractivity contribution in [1.29, 1.82) is 0 Å². The van der Waals surface area contributed by atoms with Gasteiger partial charge in [-0.3, -0.25) is 14.4 Å². The van der Waals surface area contributed by atoms with Crippen LogP contribution in [0, 0.1) is 5.41 Å². The Labute approximate surface area is 130 Å². The number of ether oxygens (including phenoxy) is 1. The summed E-state index contributed by atoms with van der Waals surface area (Å²) in [5, 5.41) is 13.3. The third-order valence-corrected chi connectivity index (χ3v) is 4.35.